The van der Waals surface area contributed by atoms with Crippen molar-refractivity contribution in [1.82, 2.24) is 10.2 Å². The van der Waals surface area contributed by atoms with E-state index < -0.39 is 17.9 Å². The Morgan fingerprint density at radius 2 is 2.08 bits per heavy atom. The number of benzene rings is 1. The Balaban J connectivity index is 1.61. The van der Waals surface area contributed by atoms with Crippen LogP contribution in [0.1, 0.15) is 17.7 Å². The second kappa shape index (κ2) is 7.44. The Hall–Kier alpha value is -2.41. The summed E-state index contributed by atoms with van der Waals surface area (Å²) in [7, 11) is 0. The third-order valence-corrected chi connectivity index (χ3v) is 4.83. The normalized spacial score (nSPS) is 16.9. The zero-order valence-electron chi connectivity index (χ0n) is 13.0. The molecule has 1 fully saturated rings. The third-order valence-electron chi connectivity index (χ3n) is 3.95. The van der Waals surface area contributed by atoms with Gasteiger partial charge >= 0.3 is 6.03 Å². The Kier molecular flexibility index (Phi) is 5.10. The standard InChI is InChI=1S/C17H18FN3O2S/c18-13-6-1-2-7-14(13)20-17(23)21-9-3-8-15(21)16(22)19-11-12-5-4-10-24-12/h1-2,4-7,10,15H,3,8-9,11H2,(H,19,22)(H,20,23)/t15-/m1/s1. The molecule has 1 aromatic heterocycles. The predicted molar refractivity (Wildman–Crippen MR) is 91.3 cm³/mol. The first-order chi connectivity index (χ1) is 11.6. The van der Waals surface area contributed by atoms with Gasteiger partial charge in [0, 0.05) is 11.4 Å². The molecule has 3 rings (SSSR count). The predicted octanol–water partition coefficient (Wildman–Crippen LogP) is 3.20. The number of rotatable bonds is 4. The van der Waals surface area contributed by atoms with E-state index in [1.165, 1.54) is 17.0 Å². The average molecular weight is 347 g/mol. The Morgan fingerprint density at radius 1 is 1.25 bits per heavy atom. The highest BCUT2D eigenvalue weighted by Gasteiger charge is 2.34. The van der Waals surface area contributed by atoms with Gasteiger partial charge < -0.3 is 15.5 Å². The van der Waals surface area contributed by atoms with Gasteiger partial charge in [0.15, 0.2) is 0 Å². The molecule has 1 atom stereocenters. The minimum absolute atomic E-state index is 0.118. The van der Waals surface area contributed by atoms with E-state index in [1.807, 2.05) is 17.5 Å². The van der Waals surface area contributed by atoms with Crippen LogP contribution >= 0.6 is 11.3 Å². The molecule has 0 saturated carbocycles. The molecule has 0 unspecified atom stereocenters. The molecule has 2 heterocycles. The Morgan fingerprint density at radius 3 is 2.83 bits per heavy atom. The molecule has 1 aliphatic heterocycles. The third kappa shape index (κ3) is 3.73. The van der Waals surface area contributed by atoms with Crippen LogP contribution in [0, 0.1) is 5.82 Å². The van der Waals surface area contributed by atoms with Crippen LogP contribution in [0.15, 0.2) is 41.8 Å². The van der Waals surface area contributed by atoms with E-state index in [0.717, 1.165) is 11.3 Å². The van der Waals surface area contributed by atoms with E-state index >= 15 is 0 Å². The number of thiophene rings is 1. The monoisotopic (exact) mass is 347 g/mol. The summed E-state index contributed by atoms with van der Waals surface area (Å²) in [6.07, 6.45) is 1.36. The highest BCUT2D eigenvalue weighted by atomic mass is 32.1. The molecule has 2 aromatic rings. The minimum Gasteiger partial charge on any atom is -0.349 e. The van der Waals surface area contributed by atoms with Crippen LogP contribution in [0.25, 0.3) is 0 Å². The zero-order chi connectivity index (χ0) is 16.9. The summed E-state index contributed by atoms with van der Waals surface area (Å²) in [5, 5.41) is 7.35. The second-order valence-corrected chi connectivity index (χ2v) is 6.59. The summed E-state index contributed by atoms with van der Waals surface area (Å²) in [5.41, 5.74) is 0.118. The van der Waals surface area contributed by atoms with E-state index in [4.69, 9.17) is 0 Å². The number of carbonyl (C=O) groups is 2. The summed E-state index contributed by atoms with van der Waals surface area (Å²) in [5.74, 6) is -0.673. The first-order valence-corrected chi connectivity index (χ1v) is 8.65. The molecule has 5 nitrogen and oxygen atoms in total. The van der Waals surface area contributed by atoms with E-state index in [9.17, 15) is 14.0 Å². The van der Waals surface area contributed by atoms with Crippen LogP contribution in [0.4, 0.5) is 14.9 Å². The van der Waals surface area contributed by atoms with Gasteiger partial charge in [0.2, 0.25) is 5.91 Å². The number of nitrogens with zero attached hydrogens (tertiary/aromatic N) is 1. The van der Waals surface area contributed by atoms with E-state index in [1.54, 1.807) is 23.5 Å². The van der Waals surface area contributed by atoms with Gasteiger partial charge in [-0.2, -0.15) is 0 Å². The summed E-state index contributed by atoms with van der Waals surface area (Å²) in [6, 6.07) is 8.89. The molecular formula is C17H18FN3O2S. The van der Waals surface area contributed by atoms with Crippen LogP contribution in [-0.2, 0) is 11.3 Å². The van der Waals surface area contributed by atoms with Crippen molar-refractivity contribution in [2.75, 3.05) is 11.9 Å². The summed E-state index contributed by atoms with van der Waals surface area (Å²) < 4.78 is 13.7. The largest absolute Gasteiger partial charge is 0.349 e. The van der Waals surface area contributed by atoms with Gasteiger partial charge in [-0.25, -0.2) is 9.18 Å². The van der Waals surface area contributed by atoms with Crippen LogP contribution in [0.3, 0.4) is 0 Å². The van der Waals surface area contributed by atoms with Crippen molar-refractivity contribution in [3.8, 4) is 0 Å². The van der Waals surface area contributed by atoms with Gasteiger partial charge in [0.1, 0.15) is 11.9 Å². The quantitative estimate of drug-likeness (QED) is 0.892. The lowest BCUT2D eigenvalue weighted by molar-refractivity contribution is -0.124. The highest BCUT2D eigenvalue weighted by molar-refractivity contribution is 7.09. The van der Waals surface area contributed by atoms with E-state index in [-0.39, 0.29) is 11.6 Å². The number of anilines is 1. The number of amides is 3. The number of urea groups is 1. The van der Waals surface area contributed by atoms with Crippen LogP contribution in [0.2, 0.25) is 0 Å². The lowest BCUT2D eigenvalue weighted by Crippen LogP contribution is -2.47. The van der Waals surface area contributed by atoms with Gasteiger partial charge in [0.05, 0.1) is 12.2 Å². The van der Waals surface area contributed by atoms with Crippen molar-refractivity contribution < 1.29 is 14.0 Å². The molecule has 0 radical (unpaired) electrons. The van der Waals surface area contributed by atoms with Crippen molar-refractivity contribution in [2.24, 2.45) is 0 Å². The molecule has 1 saturated heterocycles. The Labute approximate surface area is 143 Å². The lowest BCUT2D eigenvalue weighted by atomic mass is 10.2. The van der Waals surface area contributed by atoms with Gasteiger partial charge in [-0.3, -0.25) is 4.79 Å². The fraction of sp³-hybridized carbons (Fsp3) is 0.294. The molecule has 3 amide bonds. The maximum absolute atomic E-state index is 13.7. The van der Waals surface area contributed by atoms with Crippen molar-refractivity contribution in [3.63, 3.8) is 0 Å². The summed E-state index contributed by atoms with van der Waals surface area (Å²) in [4.78, 5) is 27.3. The average Bonchev–Trinajstić information content (AvgIpc) is 3.26. The van der Waals surface area contributed by atoms with Crippen LogP contribution in [-0.4, -0.2) is 29.4 Å². The summed E-state index contributed by atoms with van der Waals surface area (Å²) >= 11 is 1.57. The fourth-order valence-corrected chi connectivity index (χ4v) is 3.38. The second-order valence-electron chi connectivity index (χ2n) is 5.56. The molecule has 126 valence electrons. The molecule has 7 heteroatoms. The maximum atomic E-state index is 13.7. The first-order valence-electron chi connectivity index (χ1n) is 7.77. The van der Waals surface area contributed by atoms with Crippen LogP contribution < -0.4 is 10.6 Å². The summed E-state index contributed by atoms with van der Waals surface area (Å²) in [6.45, 7) is 0.938. The van der Waals surface area contributed by atoms with Crippen LogP contribution in [0.5, 0.6) is 0 Å². The number of hydrogen-bond acceptors (Lipinski definition) is 3. The molecule has 0 aliphatic carbocycles. The van der Waals surface area contributed by atoms with Gasteiger partial charge in [0.25, 0.3) is 0 Å². The first kappa shape index (κ1) is 16.4. The van der Waals surface area contributed by atoms with Gasteiger partial charge in [-0.05, 0) is 36.4 Å². The molecule has 24 heavy (non-hydrogen) atoms. The SMILES string of the molecule is O=C(NCc1cccs1)[C@H]1CCCN1C(=O)Nc1ccccc1F. The molecule has 2 N–H and O–H groups in total. The fourth-order valence-electron chi connectivity index (χ4n) is 2.74. The number of carbonyl (C=O) groups excluding carboxylic acids is 2. The zero-order valence-corrected chi connectivity index (χ0v) is 13.8. The molecule has 0 bridgehead atoms. The number of hydrogen-bond donors (Lipinski definition) is 2. The molecule has 0 spiro atoms. The minimum atomic E-state index is -0.517. The number of likely N-dealkylation sites (tertiary alicyclic amines) is 1. The van der Waals surface area contributed by atoms with Gasteiger partial charge in [-0.1, -0.05) is 18.2 Å². The van der Waals surface area contributed by atoms with Crippen molar-refractivity contribution in [2.45, 2.75) is 25.4 Å². The molecule has 1 aromatic carbocycles. The number of halogens is 1. The van der Waals surface area contributed by atoms with E-state index in [2.05, 4.69) is 10.6 Å². The number of nitrogens with one attached hydrogen (secondary N) is 2. The lowest BCUT2D eigenvalue weighted by Gasteiger charge is -2.24. The van der Waals surface area contributed by atoms with Crippen molar-refractivity contribution in [3.05, 3.63) is 52.5 Å². The molecule has 1 aliphatic rings. The smallest absolute Gasteiger partial charge is 0.322 e. The molecular weight excluding hydrogens is 329 g/mol. The number of para-hydroxylation sites is 1. The highest BCUT2D eigenvalue weighted by Crippen LogP contribution is 2.20. The Bertz CT molecular complexity index is 720. The van der Waals surface area contributed by atoms with Crippen molar-refractivity contribution >= 4 is 29.0 Å². The van der Waals surface area contributed by atoms with Crippen molar-refractivity contribution in [1.29, 1.82) is 0 Å². The topological polar surface area (TPSA) is 61.4 Å². The maximum Gasteiger partial charge on any atom is 0.322 e. The van der Waals surface area contributed by atoms with Gasteiger partial charge in [-0.15, -0.1) is 11.3 Å². The van der Waals surface area contributed by atoms with E-state index in [0.29, 0.717) is 19.5 Å².